The minimum atomic E-state index is -0.604. The van der Waals surface area contributed by atoms with Gasteiger partial charge < -0.3 is 44.9 Å². The van der Waals surface area contributed by atoms with E-state index < -0.39 is 5.97 Å². The number of amides is 1. The molecular formula is C109H216N12O4. The average molecular weight is 1760 g/mol. The normalized spacial score (nSPS) is 24.4. The molecule has 1 aromatic heterocycles. The zero-order chi connectivity index (χ0) is 95.4. The van der Waals surface area contributed by atoms with Gasteiger partial charge in [0, 0.05) is 77.7 Å². The molecule has 2 bridgehead atoms. The number of nitrogens with zero attached hydrogens (tertiary/aromatic N) is 10. The molecule has 11 fully saturated rings. The van der Waals surface area contributed by atoms with E-state index >= 15 is 0 Å². The molecule has 125 heavy (non-hydrogen) atoms. The van der Waals surface area contributed by atoms with Gasteiger partial charge in [-0.05, 0) is 302 Å². The van der Waals surface area contributed by atoms with Crippen LogP contribution in [0, 0.1) is 120 Å². The van der Waals surface area contributed by atoms with E-state index in [9.17, 15) is 14.7 Å². The standard InChI is InChI=1S/C12H25N.C12H24.C11H24N2.C11H21N.C11H20O2.C10H19NO.C10H21N.C8H15N3.C8H14N2.C8H17NO.C8H16/c1-5-8-13-9-6-11(7-10-13)12(2,3)4;1-12(2,3)10-9-11-7-5-4-6-8-11;1-11(2,3)5-6-13-9-7-12(4)8-10-13;1-11(2,3)10-8-12-6-4-9(10)5-7-12;1-11(2,3)9-6-4-8(5-7-9)10(12)13;1-10(2,3)6-8-11-7-4-5-9(11)12;1-10(2,3)9-5-7-11(4)8-6-9;1-6-9-7(11-10-6)5-8(2,3)4;1-8(2,3)6-7-4-5-9-10-7;1-8(2,3)6-4-9-5-7(6)10;1-8(2,3)7-5-4-6-7/h11H,5-10H2,1-4H3;11H,4-10H2,1-3H3;5-10H2,1-4H3;9-10H,4-8H2,1-3H3;8-9H,4-7H2,1-3H3,(H,12,13);4-8H2,1-3H3;9H,5-8H2,1-4H3;5H2,1-4H3,(H,9,10,11);4H,5-6H2,1-3H3;6-7,9-10H,4-5H2,1-3H3;7H,4-6H2,1-3H3. The van der Waals surface area contributed by atoms with Crippen LogP contribution in [-0.4, -0.2) is 205 Å². The summed E-state index contributed by atoms with van der Waals surface area (Å²) < 4.78 is 0. The van der Waals surface area contributed by atoms with Gasteiger partial charge in [-0.3, -0.25) is 14.7 Å². The number of allylic oxidation sites excluding steroid dienone is 1. The molecular weight excluding hydrogens is 1540 g/mol. The van der Waals surface area contributed by atoms with Crippen molar-refractivity contribution in [1.29, 1.82) is 0 Å². The number of aliphatic hydroxyl groups excluding tert-OH is 1. The molecule has 736 valence electrons. The number of piperazine rings is 1. The van der Waals surface area contributed by atoms with Gasteiger partial charge in [-0.25, -0.2) is 4.98 Å². The molecule has 0 spiro atoms. The summed E-state index contributed by atoms with van der Waals surface area (Å²) >= 11 is 0. The lowest BCUT2D eigenvalue weighted by Gasteiger charge is -2.50. The number of aromatic amines is 1. The minimum Gasteiger partial charge on any atom is -0.481 e. The summed E-state index contributed by atoms with van der Waals surface area (Å²) in [6.07, 6.45) is 36.7. The maximum atomic E-state index is 11.2. The van der Waals surface area contributed by atoms with E-state index in [0.29, 0.717) is 66.5 Å². The Balaban J connectivity index is 0.000000467. The van der Waals surface area contributed by atoms with E-state index in [4.69, 9.17) is 5.11 Å². The van der Waals surface area contributed by atoms with Gasteiger partial charge in [0.05, 0.1) is 24.3 Å². The van der Waals surface area contributed by atoms with Crippen LogP contribution in [-0.2, 0) is 16.0 Å². The Morgan fingerprint density at radius 3 is 1.25 bits per heavy atom. The van der Waals surface area contributed by atoms with Crippen LogP contribution in [0.25, 0.3) is 0 Å². The molecule has 3 saturated carbocycles. The molecule has 0 radical (unpaired) electrons. The first-order chi connectivity index (χ1) is 57.2. The highest BCUT2D eigenvalue weighted by molar-refractivity contribution is 5.78. The highest BCUT2D eigenvalue weighted by Crippen LogP contribution is 2.45. The zero-order valence-corrected chi connectivity index (χ0v) is 90.4. The fourth-order valence-electron chi connectivity index (χ4n) is 19.2. The highest BCUT2D eigenvalue weighted by atomic mass is 16.4. The number of piperidine rings is 5. The summed E-state index contributed by atoms with van der Waals surface area (Å²) in [7, 11) is 4.43. The summed E-state index contributed by atoms with van der Waals surface area (Å²) in [6.45, 7) is 101. The monoisotopic (exact) mass is 1760 g/mol. The number of carbonyl (C=O) groups excluding carboxylic acids is 1. The molecule has 0 aromatic carbocycles. The fourth-order valence-corrected chi connectivity index (χ4v) is 19.2. The SMILES string of the molecule is CC(C)(C)C1CCC(C(=O)O)CC1.CC(C)(C)C1CCC1.CC(C)(C)C1CN2CCC1CC2.CC(C)(C)C1CNCC1O.CC(C)(C)CC1=CCN=N1.CC(C)(C)CCC1CCCCC1.CC(C)(C)CCN1CCCC1=O.CCCN1CCC(C(C)(C)C)CC1.CN1CCC(C(C)(C)C)CC1.CN1CCN(CCC(C)(C)C)CC1.Cc1nc(CC(C)(C)C)n[nH]1. The largest absolute Gasteiger partial charge is 0.481 e. The van der Waals surface area contributed by atoms with Gasteiger partial charge in [0.2, 0.25) is 5.91 Å². The van der Waals surface area contributed by atoms with Crippen molar-refractivity contribution in [3.05, 3.63) is 23.4 Å². The van der Waals surface area contributed by atoms with E-state index in [0.717, 1.165) is 143 Å². The number of carboxylic acid groups (broad SMARTS) is 1. The summed E-state index contributed by atoms with van der Waals surface area (Å²) in [5.74, 6) is 8.59. The number of nitrogens with one attached hydrogen (secondary N) is 2. The van der Waals surface area contributed by atoms with Crippen molar-refractivity contribution >= 4 is 11.9 Å². The molecule has 3 unspecified atom stereocenters. The number of azo groups is 1. The van der Waals surface area contributed by atoms with Crippen LogP contribution < -0.4 is 5.32 Å². The lowest BCUT2D eigenvalue weighted by atomic mass is 9.67. The number of aryl methyl sites for hydroxylation is 1. The maximum Gasteiger partial charge on any atom is 0.306 e. The molecule has 16 heteroatoms. The predicted molar refractivity (Wildman–Crippen MR) is 541 cm³/mol. The smallest absolute Gasteiger partial charge is 0.306 e. The number of fused-ring (bicyclic) bond motifs is 3. The molecule has 3 atom stereocenters. The van der Waals surface area contributed by atoms with Crippen molar-refractivity contribution in [1.82, 2.24) is 49.9 Å². The Kier molecular flexibility index (Phi) is 52.1. The number of likely N-dealkylation sites (N-methyl/N-ethyl adjacent to an activating group) is 1. The van der Waals surface area contributed by atoms with E-state index in [1.807, 2.05) is 11.8 Å². The van der Waals surface area contributed by atoms with Gasteiger partial charge in [0.15, 0.2) is 5.82 Å². The van der Waals surface area contributed by atoms with Crippen LogP contribution >= 0.6 is 0 Å². The van der Waals surface area contributed by atoms with E-state index in [1.54, 1.807) is 0 Å². The first-order valence-corrected chi connectivity index (χ1v) is 51.6. The predicted octanol–water partition coefficient (Wildman–Crippen LogP) is 26.9. The second-order valence-corrected chi connectivity index (χ2v) is 53.3. The third-order valence-corrected chi connectivity index (χ3v) is 28.7. The Hall–Kier alpha value is -2.86. The number of hydrogen-bond donors (Lipinski definition) is 4. The topological polar surface area (TPSA) is 172 Å². The van der Waals surface area contributed by atoms with Gasteiger partial charge in [0.25, 0.3) is 0 Å². The fraction of sp³-hybridized carbons (Fsp3) is 0.945. The number of likely N-dealkylation sites (tertiary alicyclic amines) is 3. The molecule has 4 N–H and O–H groups in total. The number of carboxylic acids is 1. The first kappa shape index (κ1) is 118. The zero-order valence-electron chi connectivity index (χ0n) is 90.4. The van der Waals surface area contributed by atoms with Gasteiger partial charge in [0.1, 0.15) is 5.82 Å². The minimum absolute atomic E-state index is 0.0707. The lowest BCUT2D eigenvalue weighted by Crippen LogP contribution is -2.51. The van der Waals surface area contributed by atoms with Crippen molar-refractivity contribution < 1.29 is 19.8 Å². The number of aliphatic carboxylic acids is 1. The van der Waals surface area contributed by atoms with Crippen LogP contribution in [0.3, 0.4) is 0 Å². The van der Waals surface area contributed by atoms with Gasteiger partial charge in [-0.1, -0.05) is 274 Å². The van der Waals surface area contributed by atoms with Crippen molar-refractivity contribution in [2.75, 3.05) is 132 Å². The summed E-state index contributed by atoms with van der Waals surface area (Å²) in [5, 5.41) is 36.3. The van der Waals surface area contributed by atoms with E-state index in [-0.39, 0.29) is 22.9 Å². The van der Waals surface area contributed by atoms with Crippen molar-refractivity contribution in [2.24, 2.45) is 123 Å². The Morgan fingerprint density at radius 2 is 0.912 bits per heavy atom. The maximum absolute atomic E-state index is 11.2. The molecule has 1 aromatic rings. The average Bonchev–Trinajstić information content (AvgIpc) is 1.79. The molecule has 8 saturated heterocycles. The van der Waals surface area contributed by atoms with Crippen molar-refractivity contribution in [3.63, 3.8) is 0 Å². The number of rotatable bonds is 11. The Morgan fingerprint density at radius 1 is 0.456 bits per heavy atom. The number of hydrogen-bond acceptors (Lipinski definition) is 13. The number of carbonyl (C=O) groups is 2. The Bertz CT molecular complexity index is 3030. The van der Waals surface area contributed by atoms with Gasteiger partial charge in [-0.15, -0.1) is 0 Å². The third kappa shape index (κ3) is 55.4. The third-order valence-electron chi connectivity index (χ3n) is 28.7. The highest BCUT2D eigenvalue weighted by Gasteiger charge is 2.41. The summed E-state index contributed by atoms with van der Waals surface area (Å²) in [6, 6.07) is 0. The first-order valence-electron chi connectivity index (χ1n) is 51.6. The molecule has 13 rings (SSSR count). The Labute approximate surface area is 777 Å². The van der Waals surface area contributed by atoms with E-state index in [2.05, 4.69) is 311 Å². The summed E-state index contributed by atoms with van der Waals surface area (Å²) in [5.41, 5.74) is 5.93. The molecule has 12 aliphatic rings. The lowest BCUT2D eigenvalue weighted by molar-refractivity contribution is -0.143. The molecule has 3 aliphatic carbocycles. The van der Waals surface area contributed by atoms with E-state index in [1.165, 1.54) is 201 Å². The number of aromatic nitrogens is 3. The second kappa shape index (κ2) is 55.1. The molecule has 10 heterocycles. The van der Waals surface area contributed by atoms with Crippen LogP contribution in [0.1, 0.15) is 414 Å². The molecule has 9 aliphatic heterocycles. The molecule has 16 nitrogen and oxygen atoms in total. The van der Waals surface area contributed by atoms with Gasteiger partial charge in [-0.2, -0.15) is 15.3 Å². The molecule has 1 amide bonds. The number of β-amino-alcohol motifs (C(OH)–C–C–N with tert-alkyl or cyclic N) is 1. The van der Waals surface area contributed by atoms with Gasteiger partial charge >= 0.3 is 5.97 Å². The summed E-state index contributed by atoms with van der Waals surface area (Å²) in [4.78, 5) is 40.8. The van der Waals surface area contributed by atoms with Crippen LogP contribution in [0.5, 0.6) is 0 Å². The van der Waals surface area contributed by atoms with Crippen LogP contribution in [0.4, 0.5) is 0 Å². The van der Waals surface area contributed by atoms with Crippen molar-refractivity contribution in [2.45, 2.75) is 422 Å². The van der Waals surface area contributed by atoms with Crippen molar-refractivity contribution in [3.8, 4) is 0 Å². The second-order valence-electron chi connectivity index (χ2n) is 53.3. The number of aliphatic hydroxyl groups is 1. The quantitative estimate of drug-likeness (QED) is 0.165. The van der Waals surface area contributed by atoms with Crippen LogP contribution in [0.15, 0.2) is 22.0 Å². The van der Waals surface area contributed by atoms with Crippen LogP contribution in [0.2, 0.25) is 0 Å². The number of H-pyrrole nitrogens is 1.